The Hall–Kier alpha value is -0.590. The largest absolute Gasteiger partial charge is 0.321 e. The molecule has 86 valence electrons. The zero-order valence-electron chi connectivity index (χ0n) is 8.61. The Bertz CT molecular complexity index is 456. The number of hydroxylamine groups is 2. The van der Waals surface area contributed by atoms with Gasteiger partial charge in [-0.05, 0) is 37.9 Å². The Morgan fingerprint density at radius 3 is 2.88 bits per heavy atom. The van der Waals surface area contributed by atoms with Crippen molar-refractivity contribution < 1.29 is 9.63 Å². The SMILES string of the molecule is C=CC1CN(OC)C(=O)c2cc(Br)c(Br)n21. The summed E-state index contributed by atoms with van der Waals surface area (Å²) in [6.45, 7) is 4.24. The van der Waals surface area contributed by atoms with Gasteiger partial charge in [-0.1, -0.05) is 6.08 Å². The summed E-state index contributed by atoms with van der Waals surface area (Å²) in [4.78, 5) is 17.0. The average Bonchev–Trinajstić information content (AvgIpc) is 2.58. The van der Waals surface area contributed by atoms with E-state index in [0.29, 0.717) is 12.2 Å². The summed E-state index contributed by atoms with van der Waals surface area (Å²) in [5.41, 5.74) is 0.580. The topological polar surface area (TPSA) is 34.5 Å². The lowest BCUT2D eigenvalue weighted by Crippen LogP contribution is -2.41. The third kappa shape index (κ3) is 1.65. The number of amides is 1. The summed E-state index contributed by atoms with van der Waals surface area (Å²) >= 11 is 6.83. The summed E-state index contributed by atoms with van der Waals surface area (Å²) < 4.78 is 3.59. The van der Waals surface area contributed by atoms with Crippen molar-refractivity contribution in [2.24, 2.45) is 0 Å². The molecule has 1 aliphatic heterocycles. The van der Waals surface area contributed by atoms with E-state index in [1.807, 2.05) is 4.57 Å². The van der Waals surface area contributed by atoms with Crippen molar-refractivity contribution >= 4 is 37.8 Å². The highest BCUT2D eigenvalue weighted by Gasteiger charge is 2.32. The van der Waals surface area contributed by atoms with E-state index < -0.39 is 0 Å². The molecule has 0 bridgehead atoms. The molecule has 0 fully saturated rings. The molecule has 1 atom stereocenters. The molecule has 1 unspecified atom stereocenters. The first-order chi connectivity index (χ1) is 7.60. The normalized spacial score (nSPS) is 19.8. The molecular weight excluding hydrogens is 340 g/mol. The predicted octanol–water partition coefficient (Wildman–Crippen LogP) is 2.76. The fourth-order valence-electron chi connectivity index (χ4n) is 1.76. The molecule has 1 amide bonds. The predicted molar refractivity (Wildman–Crippen MR) is 67.1 cm³/mol. The second-order valence-electron chi connectivity index (χ2n) is 3.39. The second kappa shape index (κ2) is 4.35. The Labute approximate surface area is 110 Å². The van der Waals surface area contributed by atoms with Gasteiger partial charge < -0.3 is 4.57 Å². The molecule has 0 saturated carbocycles. The van der Waals surface area contributed by atoms with E-state index in [-0.39, 0.29) is 11.9 Å². The minimum Gasteiger partial charge on any atom is -0.321 e. The second-order valence-corrected chi connectivity index (χ2v) is 5.00. The minimum atomic E-state index is -0.146. The Morgan fingerprint density at radius 2 is 2.31 bits per heavy atom. The van der Waals surface area contributed by atoms with Gasteiger partial charge in [0.2, 0.25) is 0 Å². The minimum absolute atomic E-state index is 0.00771. The van der Waals surface area contributed by atoms with Crippen LogP contribution in [0.25, 0.3) is 0 Å². The zero-order chi connectivity index (χ0) is 11.9. The van der Waals surface area contributed by atoms with Crippen LogP contribution in [0.4, 0.5) is 0 Å². The van der Waals surface area contributed by atoms with E-state index in [0.717, 1.165) is 9.08 Å². The summed E-state index contributed by atoms with van der Waals surface area (Å²) in [5, 5.41) is 1.33. The van der Waals surface area contributed by atoms with Crippen LogP contribution >= 0.6 is 31.9 Å². The molecule has 1 aromatic rings. The summed E-state index contributed by atoms with van der Waals surface area (Å²) in [5.74, 6) is -0.146. The van der Waals surface area contributed by atoms with E-state index >= 15 is 0 Å². The third-order valence-electron chi connectivity index (χ3n) is 2.55. The lowest BCUT2D eigenvalue weighted by Gasteiger charge is -2.31. The number of carbonyl (C=O) groups excluding carboxylic acids is 1. The molecule has 1 aliphatic rings. The number of nitrogens with zero attached hydrogens (tertiary/aromatic N) is 2. The van der Waals surface area contributed by atoms with Gasteiger partial charge in [0.05, 0.1) is 24.2 Å². The van der Waals surface area contributed by atoms with Gasteiger partial charge in [-0.2, -0.15) is 0 Å². The number of hydrogen-bond donors (Lipinski definition) is 0. The summed E-state index contributed by atoms with van der Waals surface area (Å²) in [6.07, 6.45) is 1.79. The van der Waals surface area contributed by atoms with Gasteiger partial charge in [-0.3, -0.25) is 9.63 Å². The molecule has 6 heteroatoms. The van der Waals surface area contributed by atoms with Crippen LogP contribution in [0.15, 0.2) is 27.8 Å². The van der Waals surface area contributed by atoms with Crippen LogP contribution in [-0.2, 0) is 4.84 Å². The molecule has 2 rings (SSSR count). The molecule has 0 radical (unpaired) electrons. The van der Waals surface area contributed by atoms with Crippen LogP contribution in [-0.4, -0.2) is 29.2 Å². The summed E-state index contributed by atoms with van der Waals surface area (Å²) in [7, 11) is 1.49. The molecule has 4 nitrogen and oxygen atoms in total. The van der Waals surface area contributed by atoms with Crippen molar-refractivity contribution in [1.29, 1.82) is 0 Å². The maximum atomic E-state index is 12.0. The van der Waals surface area contributed by atoms with Crippen LogP contribution in [0.3, 0.4) is 0 Å². The molecule has 0 aromatic carbocycles. The number of carbonyl (C=O) groups is 1. The van der Waals surface area contributed by atoms with Crippen molar-refractivity contribution in [3.8, 4) is 0 Å². The lowest BCUT2D eigenvalue weighted by atomic mass is 10.2. The first-order valence-corrected chi connectivity index (χ1v) is 6.23. The average molecular weight is 350 g/mol. The maximum absolute atomic E-state index is 12.0. The van der Waals surface area contributed by atoms with Crippen LogP contribution in [0.2, 0.25) is 0 Å². The zero-order valence-corrected chi connectivity index (χ0v) is 11.8. The molecule has 0 aliphatic carbocycles. The monoisotopic (exact) mass is 348 g/mol. The van der Waals surface area contributed by atoms with E-state index in [4.69, 9.17) is 4.84 Å². The highest BCUT2D eigenvalue weighted by atomic mass is 79.9. The van der Waals surface area contributed by atoms with E-state index in [1.54, 1.807) is 12.1 Å². The van der Waals surface area contributed by atoms with Gasteiger partial charge in [-0.15, -0.1) is 6.58 Å². The van der Waals surface area contributed by atoms with Gasteiger partial charge >= 0.3 is 0 Å². The van der Waals surface area contributed by atoms with Gasteiger partial charge in [-0.25, -0.2) is 5.06 Å². The van der Waals surface area contributed by atoms with Gasteiger partial charge in [0.25, 0.3) is 5.91 Å². The maximum Gasteiger partial charge on any atom is 0.294 e. The molecule has 2 heterocycles. The molecule has 0 saturated heterocycles. The van der Waals surface area contributed by atoms with Crippen LogP contribution in [0, 0.1) is 0 Å². The number of aromatic nitrogens is 1. The quantitative estimate of drug-likeness (QED) is 0.769. The van der Waals surface area contributed by atoms with Crippen molar-refractivity contribution in [2.75, 3.05) is 13.7 Å². The Balaban J connectivity index is 2.57. The number of fused-ring (bicyclic) bond motifs is 1. The molecule has 1 aromatic heterocycles. The number of rotatable bonds is 2. The fraction of sp³-hybridized carbons (Fsp3) is 0.300. The first-order valence-electron chi connectivity index (χ1n) is 4.65. The Kier molecular flexibility index (Phi) is 3.23. The fourth-order valence-corrected chi connectivity index (χ4v) is 2.73. The van der Waals surface area contributed by atoms with Gasteiger partial charge in [0.1, 0.15) is 10.3 Å². The van der Waals surface area contributed by atoms with Crippen LogP contribution in [0.5, 0.6) is 0 Å². The molecular formula is C10H10Br2N2O2. The van der Waals surface area contributed by atoms with Crippen molar-refractivity contribution in [1.82, 2.24) is 9.63 Å². The van der Waals surface area contributed by atoms with E-state index in [9.17, 15) is 4.79 Å². The molecule has 0 spiro atoms. The Morgan fingerprint density at radius 1 is 1.62 bits per heavy atom. The van der Waals surface area contributed by atoms with Gasteiger partial charge in [0.15, 0.2) is 0 Å². The van der Waals surface area contributed by atoms with Crippen molar-refractivity contribution in [2.45, 2.75) is 6.04 Å². The highest BCUT2D eigenvalue weighted by Crippen LogP contribution is 2.34. The third-order valence-corrected chi connectivity index (χ3v) is 4.50. The smallest absolute Gasteiger partial charge is 0.294 e. The number of halogens is 2. The lowest BCUT2D eigenvalue weighted by molar-refractivity contribution is -0.105. The molecule has 16 heavy (non-hydrogen) atoms. The standard InChI is InChI=1S/C10H10Br2N2O2/c1-3-6-5-13(16-2)10(15)8-4-7(11)9(12)14(6)8/h3-4,6H,1,5H2,2H3. The van der Waals surface area contributed by atoms with Crippen LogP contribution in [0.1, 0.15) is 16.5 Å². The van der Waals surface area contributed by atoms with Crippen molar-refractivity contribution in [3.63, 3.8) is 0 Å². The van der Waals surface area contributed by atoms with Gasteiger partial charge in [0, 0.05) is 0 Å². The van der Waals surface area contributed by atoms with E-state index in [1.165, 1.54) is 12.2 Å². The summed E-state index contributed by atoms with van der Waals surface area (Å²) in [6, 6.07) is 1.78. The van der Waals surface area contributed by atoms with Crippen LogP contribution < -0.4 is 0 Å². The molecule has 0 N–H and O–H groups in total. The highest BCUT2D eigenvalue weighted by molar-refractivity contribution is 9.13. The van der Waals surface area contributed by atoms with Crippen molar-refractivity contribution in [3.05, 3.63) is 33.5 Å². The first kappa shape index (κ1) is 11.9. The number of hydrogen-bond acceptors (Lipinski definition) is 2. The van der Waals surface area contributed by atoms with E-state index in [2.05, 4.69) is 38.4 Å².